The van der Waals surface area contributed by atoms with Crippen molar-refractivity contribution in [2.75, 3.05) is 38.6 Å². The highest BCUT2D eigenvalue weighted by molar-refractivity contribution is 6.17. The van der Waals surface area contributed by atoms with Crippen LogP contribution in [-0.4, -0.2) is 122 Å². The van der Waals surface area contributed by atoms with Crippen molar-refractivity contribution >= 4 is 23.5 Å². The molecule has 48 heavy (non-hydrogen) atoms. The minimum absolute atomic E-state index is 0.00419. The number of hydrogen-bond donors (Lipinski definition) is 4. The van der Waals surface area contributed by atoms with E-state index in [0.717, 1.165) is 25.9 Å². The number of epoxide rings is 1. The van der Waals surface area contributed by atoms with Gasteiger partial charge in [0.15, 0.2) is 11.9 Å². The van der Waals surface area contributed by atoms with Crippen LogP contribution in [0.1, 0.15) is 93.4 Å². The van der Waals surface area contributed by atoms with E-state index < -0.39 is 41.5 Å². The van der Waals surface area contributed by atoms with Gasteiger partial charge >= 0.3 is 6.09 Å². The number of carbonyl (C=O) groups is 2. The zero-order chi connectivity index (χ0) is 36.1. The summed E-state index contributed by atoms with van der Waals surface area (Å²) in [6.07, 6.45) is 9.22. The van der Waals surface area contributed by atoms with E-state index in [2.05, 4.69) is 4.90 Å². The van der Waals surface area contributed by atoms with Gasteiger partial charge in [0.05, 0.1) is 30.0 Å². The first-order chi connectivity index (χ1) is 22.5. The van der Waals surface area contributed by atoms with Crippen molar-refractivity contribution in [3.8, 4) is 0 Å². The summed E-state index contributed by atoms with van der Waals surface area (Å²) in [5, 5.41) is 42.6. The zero-order valence-corrected chi connectivity index (χ0v) is 31.1. The molecule has 2 aliphatic heterocycles. The lowest BCUT2D eigenvalue weighted by atomic mass is 9.89. The number of rotatable bonds is 20. The van der Waals surface area contributed by atoms with Gasteiger partial charge in [-0.3, -0.25) is 4.79 Å². The molecule has 0 bridgehead atoms. The summed E-state index contributed by atoms with van der Waals surface area (Å²) in [7, 11) is 0. The smallest absolute Gasteiger partial charge is 0.410 e. The quantitative estimate of drug-likeness (QED) is 0.0454. The van der Waals surface area contributed by atoms with Gasteiger partial charge < -0.3 is 39.7 Å². The normalized spacial score (nSPS) is 25.2. The summed E-state index contributed by atoms with van der Waals surface area (Å²) >= 11 is 5.86. The number of Topliss-reactive ketones (excluding diaryl/α,β-unsaturated/α-hetero) is 1. The fourth-order valence-corrected chi connectivity index (χ4v) is 6.19. The predicted molar refractivity (Wildman–Crippen MR) is 190 cm³/mol. The molecule has 0 spiro atoms. The van der Waals surface area contributed by atoms with Crippen molar-refractivity contribution in [1.29, 1.82) is 0 Å². The van der Waals surface area contributed by atoms with Crippen LogP contribution in [0.15, 0.2) is 36.0 Å². The Morgan fingerprint density at radius 1 is 1.06 bits per heavy atom. The third-order valence-electron chi connectivity index (χ3n) is 9.71. The molecule has 0 aromatic heterocycles. The number of ether oxygens (including phenoxy) is 2. The number of alkyl halides is 1. The summed E-state index contributed by atoms with van der Waals surface area (Å²) < 4.78 is 11.6. The molecule has 0 radical (unpaired) electrons. The van der Waals surface area contributed by atoms with Gasteiger partial charge in [0, 0.05) is 43.8 Å². The SMILES string of the molecule is CCC(O)CCC(C)(O)C(/C=C/C(C)C(=O)/C(C)=C/C=C/C(C)(O)CC1OC1C(C)C(O)CC)OC(=O)N1CCCN(CCCCl)CC1. The van der Waals surface area contributed by atoms with E-state index in [9.17, 15) is 30.0 Å². The highest BCUT2D eigenvalue weighted by Gasteiger charge is 2.47. The fourth-order valence-electron chi connectivity index (χ4n) is 6.07. The minimum Gasteiger partial charge on any atom is -0.439 e. The highest BCUT2D eigenvalue weighted by Crippen LogP contribution is 2.37. The Hall–Kier alpha value is -1.79. The minimum atomic E-state index is -1.47. The molecule has 2 saturated heterocycles. The van der Waals surface area contributed by atoms with Gasteiger partial charge in [-0.2, -0.15) is 0 Å². The molecule has 4 N–H and O–H groups in total. The molecule has 0 aliphatic carbocycles. The van der Waals surface area contributed by atoms with Crippen LogP contribution in [0.3, 0.4) is 0 Å². The first-order valence-electron chi connectivity index (χ1n) is 17.8. The molecule has 9 atom stereocenters. The van der Waals surface area contributed by atoms with Crippen LogP contribution in [0, 0.1) is 11.8 Å². The molecule has 0 aromatic carbocycles. The Labute approximate surface area is 293 Å². The average molecular weight is 699 g/mol. The first kappa shape index (κ1) is 42.4. The number of aliphatic hydroxyl groups is 4. The largest absolute Gasteiger partial charge is 0.439 e. The summed E-state index contributed by atoms with van der Waals surface area (Å²) in [5.74, 6) is -0.140. The zero-order valence-electron chi connectivity index (χ0n) is 30.3. The molecule has 9 unspecified atom stereocenters. The fraction of sp³-hybridized carbons (Fsp3) is 0.784. The molecule has 2 aliphatic rings. The molecule has 2 rings (SSSR count). The maximum Gasteiger partial charge on any atom is 0.410 e. The second kappa shape index (κ2) is 20.2. The summed E-state index contributed by atoms with van der Waals surface area (Å²) in [5.41, 5.74) is -2.14. The molecule has 0 saturated carbocycles. The molecule has 2 fully saturated rings. The number of carbonyl (C=O) groups excluding carboxylic acids is 2. The van der Waals surface area contributed by atoms with Gasteiger partial charge in [0.2, 0.25) is 0 Å². The van der Waals surface area contributed by atoms with Crippen LogP contribution in [-0.2, 0) is 14.3 Å². The van der Waals surface area contributed by atoms with E-state index in [1.165, 1.54) is 0 Å². The van der Waals surface area contributed by atoms with Crippen LogP contribution >= 0.6 is 11.6 Å². The number of ketones is 1. The van der Waals surface area contributed by atoms with Crippen molar-refractivity contribution in [2.45, 2.75) is 135 Å². The Kier molecular flexibility index (Phi) is 17.8. The monoisotopic (exact) mass is 698 g/mol. The van der Waals surface area contributed by atoms with Crippen molar-refractivity contribution in [3.63, 3.8) is 0 Å². The molecule has 10 nitrogen and oxygen atoms in total. The Morgan fingerprint density at radius 2 is 1.77 bits per heavy atom. The van der Waals surface area contributed by atoms with Gasteiger partial charge in [-0.15, -0.1) is 11.6 Å². The van der Waals surface area contributed by atoms with Gasteiger partial charge in [0.25, 0.3) is 0 Å². The lowest BCUT2D eigenvalue weighted by Gasteiger charge is -2.33. The van der Waals surface area contributed by atoms with Crippen molar-refractivity contribution in [2.24, 2.45) is 11.8 Å². The van der Waals surface area contributed by atoms with E-state index >= 15 is 0 Å². The lowest BCUT2D eigenvalue weighted by molar-refractivity contribution is -0.117. The van der Waals surface area contributed by atoms with E-state index in [0.29, 0.717) is 56.8 Å². The molecule has 276 valence electrons. The Morgan fingerprint density at radius 3 is 2.42 bits per heavy atom. The van der Waals surface area contributed by atoms with Gasteiger partial charge in [-0.05, 0) is 84.0 Å². The number of hydrogen-bond acceptors (Lipinski definition) is 9. The maximum absolute atomic E-state index is 13.3. The Bertz CT molecular complexity index is 1090. The standard InChI is InChI=1S/C37H63ClN2O8/c1-8-29(41)16-18-37(7,46)32(48-35(44)40-22-12-21-39(23-24-40)20-11-19-38)15-14-27(4)33(43)26(3)13-10-17-36(6,45)25-31-34(47-31)28(5)30(42)9-2/h10,13-15,17,27-32,34,41-42,45-46H,8-9,11-12,16,18-25H2,1-7H3/b15-14+,17-10+,26-13+. The molecule has 2 heterocycles. The van der Waals surface area contributed by atoms with Crippen molar-refractivity contribution in [3.05, 3.63) is 36.0 Å². The summed E-state index contributed by atoms with van der Waals surface area (Å²) in [6.45, 7) is 16.0. The number of aliphatic hydroxyl groups excluding tert-OH is 2. The van der Waals surface area contributed by atoms with Crippen LogP contribution < -0.4 is 0 Å². The number of halogens is 1. The van der Waals surface area contributed by atoms with Crippen LogP contribution in [0.25, 0.3) is 0 Å². The molecule has 11 heteroatoms. The van der Waals surface area contributed by atoms with E-state index in [-0.39, 0.29) is 30.3 Å². The van der Waals surface area contributed by atoms with Gasteiger partial charge in [-0.1, -0.05) is 52.0 Å². The number of nitrogens with zero attached hydrogens (tertiary/aromatic N) is 2. The van der Waals surface area contributed by atoms with Crippen molar-refractivity contribution < 1.29 is 39.5 Å². The third-order valence-corrected chi connectivity index (χ3v) is 9.98. The molecule has 1 amide bonds. The Balaban J connectivity index is 2.07. The second-order valence-corrected chi connectivity index (χ2v) is 14.6. The molecule has 0 aromatic rings. The predicted octanol–water partition coefficient (Wildman–Crippen LogP) is 5.01. The van der Waals surface area contributed by atoms with Gasteiger partial charge in [0.1, 0.15) is 5.60 Å². The lowest BCUT2D eigenvalue weighted by Crippen LogP contribution is -2.45. The number of amides is 1. The first-order valence-corrected chi connectivity index (χ1v) is 18.4. The topological polar surface area (TPSA) is 143 Å². The summed E-state index contributed by atoms with van der Waals surface area (Å²) in [4.78, 5) is 30.5. The summed E-state index contributed by atoms with van der Waals surface area (Å²) in [6, 6.07) is 0. The molecular weight excluding hydrogens is 636 g/mol. The second-order valence-electron chi connectivity index (χ2n) is 14.3. The average Bonchev–Trinajstić information content (AvgIpc) is 3.85. The van der Waals surface area contributed by atoms with Crippen LogP contribution in [0.4, 0.5) is 4.79 Å². The van der Waals surface area contributed by atoms with Crippen LogP contribution in [0.2, 0.25) is 0 Å². The van der Waals surface area contributed by atoms with Crippen molar-refractivity contribution in [1.82, 2.24) is 9.80 Å². The van der Waals surface area contributed by atoms with E-state index in [1.54, 1.807) is 63.0 Å². The van der Waals surface area contributed by atoms with Gasteiger partial charge in [-0.25, -0.2) is 4.79 Å². The van der Waals surface area contributed by atoms with E-state index in [1.807, 2.05) is 20.8 Å². The molecular formula is C37H63ClN2O8. The maximum atomic E-state index is 13.3. The third kappa shape index (κ3) is 14.2. The van der Waals surface area contributed by atoms with Crippen LogP contribution in [0.5, 0.6) is 0 Å². The number of allylic oxidation sites excluding steroid dienone is 4. The van der Waals surface area contributed by atoms with E-state index in [4.69, 9.17) is 21.1 Å². The highest BCUT2D eigenvalue weighted by atomic mass is 35.5.